The molecule has 0 spiro atoms. The lowest BCUT2D eigenvalue weighted by atomic mass is 10.1. The fraction of sp³-hybridized carbons (Fsp3) is 0.150. The number of thiophene rings is 1. The highest BCUT2D eigenvalue weighted by Crippen LogP contribution is 2.34. The van der Waals surface area contributed by atoms with Gasteiger partial charge in [-0.25, -0.2) is 9.97 Å². The number of aromatic nitrogens is 2. The van der Waals surface area contributed by atoms with Crippen molar-refractivity contribution in [3.05, 3.63) is 57.4 Å². The van der Waals surface area contributed by atoms with Gasteiger partial charge in [-0.3, -0.25) is 10.1 Å². The molecule has 142 valence electrons. The number of thiazole rings is 1. The van der Waals surface area contributed by atoms with E-state index in [1.807, 2.05) is 41.8 Å². The van der Waals surface area contributed by atoms with Crippen LogP contribution in [0.5, 0.6) is 0 Å². The monoisotopic (exact) mass is 428 g/mol. The molecule has 4 aromatic rings. The molecule has 3 N–H and O–H groups in total. The van der Waals surface area contributed by atoms with E-state index in [1.165, 1.54) is 22.7 Å². The Morgan fingerprint density at radius 3 is 2.61 bits per heavy atom. The van der Waals surface area contributed by atoms with Crippen LogP contribution in [-0.4, -0.2) is 15.9 Å². The fourth-order valence-corrected chi connectivity index (χ4v) is 4.58. The lowest BCUT2D eigenvalue weighted by molar-refractivity contribution is 0.103. The molecule has 0 bridgehead atoms. The SMILES string of the molecule is CC(C)c1ccc2c(N)c(C(=O)Nc3nc(-c4ccc(Cl)cc4)cs3)sc2n1. The molecule has 28 heavy (non-hydrogen) atoms. The molecule has 5 nitrogen and oxygen atoms in total. The number of nitrogens with one attached hydrogen (secondary N) is 1. The van der Waals surface area contributed by atoms with Crippen molar-refractivity contribution in [3.8, 4) is 11.3 Å². The first-order chi connectivity index (χ1) is 13.4. The number of hydrogen-bond donors (Lipinski definition) is 2. The third-order valence-electron chi connectivity index (χ3n) is 4.28. The van der Waals surface area contributed by atoms with Crippen molar-refractivity contribution in [2.75, 3.05) is 11.1 Å². The van der Waals surface area contributed by atoms with Crippen LogP contribution < -0.4 is 11.1 Å². The Morgan fingerprint density at radius 2 is 1.89 bits per heavy atom. The molecule has 0 radical (unpaired) electrons. The summed E-state index contributed by atoms with van der Waals surface area (Å²) in [5.41, 5.74) is 9.36. The number of amides is 1. The summed E-state index contributed by atoms with van der Waals surface area (Å²) in [6, 6.07) is 11.3. The quantitative estimate of drug-likeness (QED) is 0.415. The largest absolute Gasteiger partial charge is 0.397 e. The van der Waals surface area contributed by atoms with Crippen molar-refractivity contribution in [1.29, 1.82) is 0 Å². The summed E-state index contributed by atoms with van der Waals surface area (Å²) < 4.78 is 0. The van der Waals surface area contributed by atoms with E-state index in [9.17, 15) is 4.79 Å². The van der Waals surface area contributed by atoms with Gasteiger partial charge in [-0.05, 0) is 30.2 Å². The molecule has 0 unspecified atom stereocenters. The summed E-state index contributed by atoms with van der Waals surface area (Å²) >= 11 is 8.59. The van der Waals surface area contributed by atoms with E-state index >= 15 is 0 Å². The Morgan fingerprint density at radius 1 is 1.14 bits per heavy atom. The average Bonchev–Trinajstić information content (AvgIpc) is 3.27. The number of hydrogen-bond acceptors (Lipinski definition) is 6. The lowest BCUT2D eigenvalue weighted by Gasteiger charge is -2.03. The van der Waals surface area contributed by atoms with Gasteiger partial charge in [0.25, 0.3) is 5.91 Å². The summed E-state index contributed by atoms with van der Waals surface area (Å²) in [4.78, 5) is 23.1. The van der Waals surface area contributed by atoms with Gasteiger partial charge in [0.05, 0.1) is 11.4 Å². The molecule has 0 aliphatic carbocycles. The molecule has 1 amide bonds. The maximum atomic E-state index is 12.8. The maximum absolute atomic E-state index is 12.8. The van der Waals surface area contributed by atoms with E-state index < -0.39 is 0 Å². The number of carbonyl (C=O) groups excluding carboxylic acids is 1. The number of fused-ring (bicyclic) bond motifs is 1. The van der Waals surface area contributed by atoms with Crippen molar-refractivity contribution < 1.29 is 4.79 Å². The molecule has 3 heterocycles. The highest BCUT2D eigenvalue weighted by Gasteiger charge is 2.19. The predicted molar refractivity (Wildman–Crippen MR) is 119 cm³/mol. The smallest absolute Gasteiger partial charge is 0.269 e. The Balaban J connectivity index is 1.58. The van der Waals surface area contributed by atoms with E-state index in [2.05, 4.69) is 29.1 Å². The molecule has 0 atom stereocenters. The summed E-state index contributed by atoms with van der Waals surface area (Å²) in [5.74, 6) is 0.0372. The third-order valence-corrected chi connectivity index (χ3v) is 6.40. The molecule has 0 aliphatic heterocycles. The van der Waals surface area contributed by atoms with Crippen LogP contribution in [0, 0.1) is 0 Å². The lowest BCUT2D eigenvalue weighted by Crippen LogP contribution is -2.11. The average molecular weight is 429 g/mol. The first-order valence-corrected chi connectivity index (χ1v) is 10.7. The zero-order valence-electron chi connectivity index (χ0n) is 15.2. The van der Waals surface area contributed by atoms with Gasteiger partial charge in [-0.15, -0.1) is 22.7 Å². The van der Waals surface area contributed by atoms with E-state index in [1.54, 1.807) is 0 Å². The fourth-order valence-electron chi connectivity index (χ4n) is 2.74. The van der Waals surface area contributed by atoms with Gasteiger partial charge in [-0.2, -0.15) is 0 Å². The van der Waals surface area contributed by atoms with Crippen molar-refractivity contribution >= 4 is 61.2 Å². The second-order valence-corrected chi connectivity index (χ2v) is 8.88. The zero-order chi connectivity index (χ0) is 19.8. The normalized spacial score (nSPS) is 11.3. The number of halogens is 1. The predicted octanol–water partition coefficient (Wildman–Crippen LogP) is 6.03. The highest BCUT2D eigenvalue weighted by molar-refractivity contribution is 7.21. The van der Waals surface area contributed by atoms with Crippen LogP contribution in [0.25, 0.3) is 21.5 Å². The number of rotatable bonds is 4. The molecule has 8 heteroatoms. The standard InChI is InChI=1S/C20H17ClN4OS2/c1-10(2)14-8-7-13-16(22)17(28-19(13)23-14)18(26)25-20-24-15(9-27-20)11-3-5-12(21)6-4-11/h3-10H,22H2,1-2H3,(H,24,25,26). The van der Waals surface area contributed by atoms with Crippen LogP contribution in [0.3, 0.4) is 0 Å². The van der Waals surface area contributed by atoms with Gasteiger partial charge in [0.1, 0.15) is 9.71 Å². The molecule has 0 saturated carbocycles. The Bertz CT molecular complexity index is 1160. The first-order valence-electron chi connectivity index (χ1n) is 8.64. The molecule has 3 aromatic heterocycles. The van der Waals surface area contributed by atoms with Crippen LogP contribution in [-0.2, 0) is 0 Å². The number of nitrogen functional groups attached to an aromatic ring is 1. The Hall–Kier alpha value is -2.48. The second kappa shape index (κ2) is 7.50. The van der Waals surface area contributed by atoms with Gasteiger partial charge in [0.2, 0.25) is 0 Å². The van der Waals surface area contributed by atoms with E-state index in [0.717, 1.165) is 27.2 Å². The molecule has 0 fully saturated rings. The molecular formula is C20H17ClN4OS2. The molecule has 0 saturated heterocycles. The summed E-state index contributed by atoms with van der Waals surface area (Å²) in [6.45, 7) is 4.17. The van der Waals surface area contributed by atoms with Crippen LogP contribution in [0.2, 0.25) is 5.02 Å². The van der Waals surface area contributed by atoms with E-state index in [4.69, 9.17) is 17.3 Å². The number of nitrogens with zero attached hydrogens (tertiary/aromatic N) is 2. The number of anilines is 2. The Kier molecular flexibility index (Phi) is 5.05. The Labute approximate surface area is 175 Å². The van der Waals surface area contributed by atoms with Crippen LogP contribution in [0.15, 0.2) is 41.8 Å². The minimum atomic E-state index is -0.274. The number of pyridine rings is 1. The van der Waals surface area contributed by atoms with Crippen LogP contribution >= 0.6 is 34.3 Å². The second-order valence-electron chi connectivity index (χ2n) is 6.59. The number of carbonyl (C=O) groups is 1. The van der Waals surface area contributed by atoms with Crippen molar-refractivity contribution in [1.82, 2.24) is 9.97 Å². The van der Waals surface area contributed by atoms with E-state index in [-0.39, 0.29) is 5.91 Å². The maximum Gasteiger partial charge on any atom is 0.269 e. The highest BCUT2D eigenvalue weighted by atomic mass is 35.5. The van der Waals surface area contributed by atoms with Gasteiger partial charge < -0.3 is 5.73 Å². The van der Waals surface area contributed by atoms with Gasteiger partial charge in [-0.1, -0.05) is 37.6 Å². The van der Waals surface area contributed by atoms with Crippen molar-refractivity contribution in [3.63, 3.8) is 0 Å². The van der Waals surface area contributed by atoms with E-state index in [0.29, 0.717) is 26.6 Å². The first kappa shape index (κ1) is 18.9. The molecule has 1 aromatic carbocycles. The number of benzene rings is 1. The molecule has 4 rings (SSSR count). The minimum Gasteiger partial charge on any atom is -0.397 e. The van der Waals surface area contributed by atoms with Crippen molar-refractivity contribution in [2.24, 2.45) is 0 Å². The summed E-state index contributed by atoms with van der Waals surface area (Å²) in [5, 5.41) is 6.73. The van der Waals surface area contributed by atoms with Gasteiger partial charge >= 0.3 is 0 Å². The molecular weight excluding hydrogens is 412 g/mol. The molecule has 0 aliphatic rings. The minimum absolute atomic E-state index is 0.274. The zero-order valence-corrected chi connectivity index (χ0v) is 17.6. The van der Waals surface area contributed by atoms with Gasteiger partial charge in [0, 0.05) is 27.0 Å². The van der Waals surface area contributed by atoms with Crippen molar-refractivity contribution in [2.45, 2.75) is 19.8 Å². The van der Waals surface area contributed by atoms with Crippen LogP contribution in [0.4, 0.5) is 10.8 Å². The van der Waals surface area contributed by atoms with Crippen LogP contribution in [0.1, 0.15) is 35.1 Å². The summed E-state index contributed by atoms with van der Waals surface area (Å²) in [6.07, 6.45) is 0. The third kappa shape index (κ3) is 3.61. The topological polar surface area (TPSA) is 80.9 Å². The van der Waals surface area contributed by atoms with Gasteiger partial charge in [0.15, 0.2) is 5.13 Å². The number of nitrogens with two attached hydrogens (primary N) is 1. The summed E-state index contributed by atoms with van der Waals surface area (Å²) in [7, 11) is 0.